The molecule has 0 atom stereocenters. The van der Waals surface area contributed by atoms with Crippen LogP contribution in [0.15, 0.2) is 24.0 Å². The second-order valence-electron chi connectivity index (χ2n) is 3.18. The Hall–Kier alpha value is -1.32. The molecule has 14 heavy (non-hydrogen) atoms. The van der Waals surface area contributed by atoms with Gasteiger partial charge in [0.2, 0.25) is 0 Å². The maximum absolute atomic E-state index is 12.4. The maximum Gasteiger partial charge on any atom is 0.417 e. The minimum absolute atomic E-state index is 0.111. The second-order valence-corrected chi connectivity index (χ2v) is 3.18. The van der Waals surface area contributed by atoms with Gasteiger partial charge in [-0.25, -0.2) is 0 Å². The summed E-state index contributed by atoms with van der Waals surface area (Å²) in [5.74, 6) is 0. The number of nitrogens with zero attached hydrogens (tertiary/aromatic N) is 1. The van der Waals surface area contributed by atoms with Crippen LogP contribution in [0.25, 0.3) is 6.08 Å². The third-order valence-corrected chi connectivity index (χ3v) is 1.60. The molecule has 1 aromatic heterocycles. The molecule has 0 radical (unpaired) electrons. The van der Waals surface area contributed by atoms with Gasteiger partial charge in [-0.1, -0.05) is 11.6 Å². The third kappa shape index (κ3) is 2.58. The fraction of sp³-hybridized carbons (Fsp3) is 0.300. The monoisotopic (exact) mass is 201 g/mol. The molecule has 0 saturated carbocycles. The Morgan fingerprint density at radius 2 is 2.00 bits per heavy atom. The number of alkyl halides is 3. The zero-order chi connectivity index (χ0) is 10.8. The Labute approximate surface area is 80.3 Å². The zero-order valence-corrected chi connectivity index (χ0v) is 7.89. The number of hydrogen-bond acceptors (Lipinski definition) is 1. The lowest BCUT2D eigenvalue weighted by Gasteiger charge is -2.09. The smallest absolute Gasteiger partial charge is 0.264 e. The summed E-state index contributed by atoms with van der Waals surface area (Å²) >= 11 is 0. The Morgan fingerprint density at radius 3 is 2.50 bits per heavy atom. The summed E-state index contributed by atoms with van der Waals surface area (Å²) in [6.45, 7) is 3.49. The highest BCUT2D eigenvalue weighted by Gasteiger charge is 2.32. The van der Waals surface area contributed by atoms with Crippen LogP contribution in [0, 0.1) is 0 Å². The van der Waals surface area contributed by atoms with E-state index in [4.69, 9.17) is 0 Å². The van der Waals surface area contributed by atoms with Gasteiger partial charge in [-0.2, -0.15) is 13.2 Å². The molecule has 0 bridgehead atoms. The number of aromatic nitrogens is 1. The van der Waals surface area contributed by atoms with Gasteiger partial charge in [0.05, 0.1) is 5.56 Å². The second kappa shape index (κ2) is 3.82. The number of allylic oxidation sites excluding steroid dienone is 1. The normalized spacial score (nSPS) is 11.2. The predicted molar refractivity (Wildman–Crippen MR) is 48.6 cm³/mol. The summed E-state index contributed by atoms with van der Waals surface area (Å²) in [7, 11) is 0. The fourth-order valence-electron chi connectivity index (χ4n) is 1.09. The van der Waals surface area contributed by atoms with E-state index >= 15 is 0 Å². The molecule has 1 heterocycles. The van der Waals surface area contributed by atoms with Crippen molar-refractivity contribution in [2.24, 2.45) is 0 Å². The van der Waals surface area contributed by atoms with Crippen LogP contribution in [0.5, 0.6) is 0 Å². The number of halogens is 3. The van der Waals surface area contributed by atoms with Crippen LogP contribution in [-0.2, 0) is 6.18 Å². The summed E-state index contributed by atoms with van der Waals surface area (Å²) in [5, 5.41) is 0. The highest BCUT2D eigenvalue weighted by atomic mass is 19.4. The summed E-state index contributed by atoms with van der Waals surface area (Å²) in [6, 6.07) is 0.981. The van der Waals surface area contributed by atoms with Crippen LogP contribution >= 0.6 is 0 Å². The molecule has 0 N–H and O–H groups in total. The van der Waals surface area contributed by atoms with Crippen LogP contribution in [0.2, 0.25) is 0 Å². The molecular formula is C10H10F3N. The zero-order valence-electron chi connectivity index (χ0n) is 7.89. The molecule has 0 unspecified atom stereocenters. The van der Waals surface area contributed by atoms with Gasteiger partial charge < -0.3 is 0 Å². The van der Waals surface area contributed by atoms with E-state index in [-0.39, 0.29) is 5.56 Å². The lowest BCUT2D eigenvalue weighted by Crippen LogP contribution is -2.07. The highest BCUT2D eigenvalue weighted by molar-refractivity contribution is 5.55. The van der Waals surface area contributed by atoms with Crippen molar-refractivity contribution < 1.29 is 13.2 Å². The molecular weight excluding hydrogens is 191 g/mol. The SMILES string of the molecule is CC(C)=Cc1cnccc1C(F)(F)F. The van der Waals surface area contributed by atoms with Crippen molar-refractivity contribution in [1.82, 2.24) is 4.98 Å². The Balaban J connectivity index is 3.24. The quantitative estimate of drug-likeness (QED) is 0.677. The molecule has 0 saturated heterocycles. The topological polar surface area (TPSA) is 12.9 Å². The molecule has 0 amide bonds. The summed E-state index contributed by atoms with van der Waals surface area (Å²) in [5.41, 5.74) is 0.275. The van der Waals surface area contributed by atoms with Crippen molar-refractivity contribution in [2.45, 2.75) is 20.0 Å². The van der Waals surface area contributed by atoms with E-state index in [0.717, 1.165) is 17.8 Å². The molecule has 0 aromatic carbocycles. The first-order chi connectivity index (χ1) is 6.41. The molecule has 76 valence electrons. The summed E-state index contributed by atoms with van der Waals surface area (Å²) in [4.78, 5) is 3.67. The van der Waals surface area contributed by atoms with Crippen LogP contribution < -0.4 is 0 Å². The van der Waals surface area contributed by atoms with Gasteiger partial charge >= 0.3 is 6.18 Å². The van der Waals surface area contributed by atoms with Crippen LogP contribution in [0.3, 0.4) is 0 Å². The van der Waals surface area contributed by atoms with E-state index in [2.05, 4.69) is 4.98 Å². The number of hydrogen-bond donors (Lipinski definition) is 0. The largest absolute Gasteiger partial charge is 0.417 e. The predicted octanol–water partition coefficient (Wildman–Crippen LogP) is 3.52. The molecule has 4 heteroatoms. The summed E-state index contributed by atoms with van der Waals surface area (Å²) in [6.07, 6.45) is -0.485. The van der Waals surface area contributed by atoms with Gasteiger partial charge in [0.25, 0.3) is 0 Å². The lowest BCUT2D eigenvalue weighted by molar-refractivity contribution is -0.137. The van der Waals surface area contributed by atoms with E-state index in [0.29, 0.717) is 0 Å². The van der Waals surface area contributed by atoms with E-state index in [1.54, 1.807) is 13.8 Å². The Kier molecular flexibility index (Phi) is 2.93. The molecule has 0 aliphatic heterocycles. The Morgan fingerprint density at radius 1 is 1.36 bits per heavy atom. The first kappa shape index (κ1) is 10.8. The van der Waals surface area contributed by atoms with E-state index in [1.165, 1.54) is 12.3 Å². The molecule has 1 nitrogen and oxygen atoms in total. The van der Waals surface area contributed by atoms with Crippen LogP contribution in [-0.4, -0.2) is 4.98 Å². The molecule has 0 aliphatic rings. The lowest BCUT2D eigenvalue weighted by atomic mass is 10.1. The fourth-order valence-corrected chi connectivity index (χ4v) is 1.09. The van der Waals surface area contributed by atoms with Crippen molar-refractivity contribution in [2.75, 3.05) is 0 Å². The highest BCUT2D eigenvalue weighted by Crippen LogP contribution is 2.32. The van der Waals surface area contributed by atoms with Gasteiger partial charge in [-0.05, 0) is 19.9 Å². The van der Waals surface area contributed by atoms with E-state index < -0.39 is 11.7 Å². The van der Waals surface area contributed by atoms with E-state index in [9.17, 15) is 13.2 Å². The van der Waals surface area contributed by atoms with Crippen molar-refractivity contribution in [3.8, 4) is 0 Å². The van der Waals surface area contributed by atoms with Crippen LogP contribution in [0.1, 0.15) is 25.0 Å². The van der Waals surface area contributed by atoms with Gasteiger partial charge in [-0.15, -0.1) is 0 Å². The van der Waals surface area contributed by atoms with Crippen LogP contribution in [0.4, 0.5) is 13.2 Å². The average Bonchev–Trinajstić information content (AvgIpc) is 2.01. The molecule has 0 spiro atoms. The van der Waals surface area contributed by atoms with Gasteiger partial charge in [0.1, 0.15) is 0 Å². The number of rotatable bonds is 1. The van der Waals surface area contributed by atoms with Crippen molar-refractivity contribution in [1.29, 1.82) is 0 Å². The molecule has 0 aliphatic carbocycles. The van der Waals surface area contributed by atoms with Gasteiger partial charge in [0.15, 0.2) is 0 Å². The average molecular weight is 201 g/mol. The first-order valence-electron chi connectivity index (χ1n) is 4.07. The van der Waals surface area contributed by atoms with Gasteiger partial charge in [0, 0.05) is 18.0 Å². The molecule has 1 aromatic rings. The summed E-state index contributed by atoms with van der Waals surface area (Å²) < 4.78 is 37.3. The molecule has 1 rings (SSSR count). The minimum Gasteiger partial charge on any atom is -0.264 e. The van der Waals surface area contributed by atoms with Gasteiger partial charge in [-0.3, -0.25) is 4.98 Å². The maximum atomic E-state index is 12.4. The van der Waals surface area contributed by atoms with E-state index in [1.807, 2.05) is 0 Å². The van der Waals surface area contributed by atoms with Crippen molar-refractivity contribution in [3.63, 3.8) is 0 Å². The Bertz CT molecular complexity index is 349. The first-order valence-corrected chi connectivity index (χ1v) is 4.07. The van der Waals surface area contributed by atoms with Crippen molar-refractivity contribution in [3.05, 3.63) is 35.2 Å². The minimum atomic E-state index is -4.32. The van der Waals surface area contributed by atoms with Crippen molar-refractivity contribution >= 4 is 6.08 Å². The third-order valence-electron chi connectivity index (χ3n) is 1.60. The standard InChI is InChI=1S/C10H10F3N/c1-7(2)5-8-6-14-4-3-9(8)10(11,12)13/h3-6H,1-2H3. The molecule has 0 fully saturated rings. The number of pyridine rings is 1.